The Bertz CT molecular complexity index is 2020. The van der Waals surface area contributed by atoms with Crippen molar-refractivity contribution in [3.8, 4) is 11.1 Å². The fourth-order valence-corrected chi connectivity index (χ4v) is 7.28. The molecule has 1 fully saturated rings. The molecule has 228 valence electrons. The molecule has 2 aromatic heterocycles. The van der Waals surface area contributed by atoms with Crippen LogP contribution in [-0.4, -0.2) is 40.5 Å². The minimum absolute atomic E-state index is 0.0935. The molecule has 1 aliphatic rings. The number of anilines is 1. The largest absolute Gasteiger partial charge is 0.338 e. The van der Waals surface area contributed by atoms with Gasteiger partial charge in [-0.05, 0) is 68.5 Å². The molecule has 10 heteroatoms. The summed E-state index contributed by atoms with van der Waals surface area (Å²) in [6.45, 7) is 13.2. The average Bonchev–Trinajstić information content (AvgIpc) is 3.57. The van der Waals surface area contributed by atoms with Gasteiger partial charge in [-0.15, -0.1) is 0 Å². The second-order valence-corrected chi connectivity index (χ2v) is 14.0. The van der Waals surface area contributed by atoms with E-state index < -0.39 is 15.4 Å². The number of aromatic nitrogens is 3. The summed E-state index contributed by atoms with van der Waals surface area (Å²) in [5, 5.41) is 3.89. The van der Waals surface area contributed by atoms with E-state index in [1.807, 2.05) is 56.0 Å². The Balaban J connectivity index is 1.44. The highest BCUT2D eigenvalue weighted by atomic mass is 32.2. The van der Waals surface area contributed by atoms with Gasteiger partial charge in [0.15, 0.2) is 0 Å². The molecule has 1 amide bonds. The number of fused-ring (bicyclic) bond motifs is 1. The van der Waals surface area contributed by atoms with Crippen LogP contribution in [0.2, 0.25) is 0 Å². The summed E-state index contributed by atoms with van der Waals surface area (Å²) in [7, 11) is -4.04. The highest BCUT2D eigenvalue weighted by Crippen LogP contribution is 2.36. The molecule has 44 heavy (non-hydrogen) atoms. The third-order valence-electron chi connectivity index (χ3n) is 8.75. The fraction of sp³-hybridized carbons (Fsp3) is 0.324. The lowest BCUT2D eigenvalue weighted by Crippen LogP contribution is -2.30. The van der Waals surface area contributed by atoms with E-state index in [1.165, 1.54) is 0 Å². The van der Waals surface area contributed by atoms with E-state index in [-0.39, 0.29) is 16.7 Å². The number of carbonyl (C=O) groups excluding carboxylic acids is 1. The molecule has 0 radical (unpaired) electrons. The van der Waals surface area contributed by atoms with Crippen LogP contribution in [0.25, 0.3) is 22.2 Å². The number of likely N-dealkylation sites (tertiary alicyclic amines) is 1. The van der Waals surface area contributed by atoms with Crippen LogP contribution in [0.4, 0.5) is 5.88 Å². The van der Waals surface area contributed by atoms with Crippen molar-refractivity contribution in [3.05, 3.63) is 94.4 Å². The Kier molecular flexibility index (Phi) is 7.36. The Morgan fingerprint density at radius 3 is 2.43 bits per heavy atom. The summed E-state index contributed by atoms with van der Waals surface area (Å²) in [4.78, 5) is 20.1. The van der Waals surface area contributed by atoms with Gasteiger partial charge in [-0.2, -0.15) is 0 Å². The van der Waals surface area contributed by atoms with Crippen molar-refractivity contribution >= 4 is 32.8 Å². The third kappa shape index (κ3) is 5.27. The number of hydrogen-bond acceptors (Lipinski definition) is 6. The molecule has 0 bridgehead atoms. The lowest BCUT2D eigenvalue weighted by atomic mass is 9.92. The first-order valence-corrected chi connectivity index (χ1v) is 16.2. The quantitative estimate of drug-likeness (QED) is 0.214. The number of nitrogens with zero attached hydrogens (tertiary/aromatic N) is 4. The fourth-order valence-electron chi connectivity index (χ4n) is 6.01. The predicted molar refractivity (Wildman–Crippen MR) is 171 cm³/mol. The SMILES string of the molecule is Cc1noc(NS(=O)(=O)c2ccccc2-c2ccc(Cn3c(C)nc4cccc(C)c43)cc2CN2CCC(C)(C)C2=O)c1C. The number of rotatable bonds is 8. The van der Waals surface area contributed by atoms with Gasteiger partial charge in [0.25, 0.3) is 10.0 Å². The van der Waals surface area contributed by atoms with Crippen molar-refractivity contribution in [3.63, 3.8) is 0 Å². The van der Waals surface area contributed by atoms with E-state index in [2.05, 4.69) is 33.5 Å². The maximum atomic E-state index is 13.7. The normalized spacial score (nSPS) is 15.0. The van der Waals surface area contributed by atoms with Crippen LogP contribution < -0.4 is 4.72 Å². The number of nitrogens with one attached hydrogen (secondary N) is 1. The summed E-state index contributed by atoms with van der Waals surface area (Å²) in [6, 6.07) is 19.1. The number of aryl methyl sites for hydroxylation is 3. The molecule has 1 aliphatic heterocycles. The predicted octanol–water partition coefficient (Wildman–Crippen LogP) is 6.53. The van der Waals surface area contributed by atoms with E-state index in [0.29, 0.717) is 36.5 Å². The maximum absolute atomic E-state index is 13.7. The van der Waals surface area contributed by atoms with Gasteiger partial charge in [0.1, 0.15) is 5.82 Å². The van der Waals surface area contributed by atoms with Crippen molar-refractivity contribution in [2.45, 2.75) is 65.9 Å². The van der Waals surface area contributed by atoms with E-state index in [0.717, 1.165) is 45.5 Å². The van der Waals surface area contributed by atoms with Crippen LogP contribution in [0.15, 0.2) is 70.1 Å². The van der Waals surface area contributed by atoms with Crippen LogP contribution in [-0.2, 0) is 27.9 Å². The first-order valence-electron chi connectivity index (χ1n) is 14.7. The molecule has 0 unspecified atom stereocenters. The first kappa shape index (κ1) is 29.6. The molecule has 1 saturated heterocycles. The van der Waals surface area contributed by atoms with Crippen molar-refractivity contribution < 1.29 is 17.7 Å². The second-order valence-electron chi connectivity index (χ2n) is 12.4. The van der Waals surface area contributed by atoms with Gasteiger partial charge < -0.3 is 14.0 Å². The number of benzene rings is 3. The minimum atomic E-state index is -4.04. The summed E-state index contributed by atoms with van der Waals surface area (Å²) in [6.07, 6.45) is 0.769. The van der Waals surface area contributed by atoms with Crippen LogP contribution in [0.1, 0.15) is 54.0 Å². The Morgan fingerprint density at radius 1 is 0.955 bits per heavy atom. The van der Waals surface area contributed by atoms with Crippen molar-refractivity contribution in [1.29, 1.82) is 0 Å². The lowest BCUT2D eigenvalue weighted by Gasteiger charge is -2.23. The number of imidazole rings is 1. The Morgan fingerprint density at radius 2 is 1.73 bits per heavy atom. The molecule has 6 rings (SSSR count). The molecule has 9 nitrogen and oxygen atoms in total. The number of sulfonamides is 1. The van der Waals surface area contributed by atoms with E-state index in [1.54, 1.807) is 32.0 Å². The standard InChI is InChI=1S/C34H37N5O4S/c1-21-10-9-12-29-31(21)39(24(4)35-29)19-25-14-15-27(26(18-25)20-38-17-16-34(5,6)33(38)40)28-11-7-8-13-30(28)44(41,42)37-32-22(2)23(3)36-43-32/h7-15,18,37H,16-17,19-20H2,1-6H3. The summed E-state index contributed by atoms with van der Waals surface area (Å²) < 4.78 is 37.5. The highest BCUT2D eigenvalue weighted by molar-refractivity contribution is 7.92. The number of para-hydroxylation sites is 1. The molecule has 0 spiro atoms. The van der Waals surface area contributed by atoms with Crippen molar-refractivity contribution in [1.82, 2.24) is 19.6 Å². The first-order chi connectivity index (χ1) is 20.9. The van der Waals surface area contributed by atoms with Crippen LogP contribution in [0.5, 0.6) is 0 Å². The van der Waals surface area contributed by atoms with Crippen molar-refractivity contribution in [2.75, 3.05) is 11.3 Å². The maximum Gasteiger partial charge on any atom is 0.264 e. The average molecular weight is 612 g/mol. The topological polar surface area (TPSA) is 110 Å². The van der Waals surface area contributed by atoms with Crippen LogP contribution in [0, 0.1) is 33.1 Å². The monoisotopic (exact) mass is 611 g/mol. The zero-order valence-electron chi connectivity index (χ0n) is 25.9. The molecule has 0 saturated carbocycles. The molecular formula is C34H37N5O4S. The van der Waals surface area contributed by atoms with Gasteiger partial charge in [-0.1, -0.05) is 67.5 Å². The molecule has 3 heterocycles. The van der Waals surface area contributed by atoms with Gasteiger partial charge in [-0.25, -0.2) is 18.1 Å². The second kappa shape index (κ2) is 10.9. The molecule has 0 atom stereocenters. The summed E-state index contributed by atoms with van der Waals surface area (Å²) in [5.74, 6) is 1.10. The smallest absolute Gasteiger partial charge is 0.264 e. The summed E-state index contributed by atoms with van der Waals surface area (Å²) >= 11 is 0. The number of hydrogen-bond donors (Lipinski definition) is 1. The molecule has 5 aromatic rings. The number of carbonyl (C=O) groups is 1. The zero-order valence-corrected chi connectivity index (χ0v) is 26.7. The molecular weight excluding hydrogens is 574 g/mol. The van der Waals surface area contributed by atoms with Crippen LogP contribution >= 0.6 is 0 Å². The van der Waals surface area contributed by atoms with Gasteiger partial charge in [0.05, 0.1) is 21.6 Å². The molecule has 0 aliphatic carbocycles. The molecule has 3 aromatic carbocycles. The van der Waals surface area contributed by atoms with Crippen molar-refractivity contribution in [2.24, 2.45) is 5.41 Å². The van der Waals surface area contributed by atoms with E-state index in [9.17, 15) is 13.2 Å². The van der Waals surface area contributed by atoms with Crippen LogP contribution in [0.3, 0.4) is 0 Å². The van der Waals surface area contributed by atoms with Gasteiger partial charge >= 0.3 is 0 Å². The third-order valence-corrected chi connectivity index (χ3v) is 10.1. The van der Waals surface area contributed by atoms with Gasteiger partial charge in [0.2, 0.25) is 11.8 Å². The zero-order chi connectivity index (χ0) is 31.4. The Labute approximate surface area is 257 Å². The minimum Gasteiger partial charge on any atom is -0.338 e. The Hall–Kier alpha value is -4.44. The van der Waals surface area contributed by atoms with Gasteiger partial charge in [0, 0.05) is 36.2 Å². The number of amides is 1. The van der Waals surface area contributed by atoms with E-state index >= 15 is 0 Å². The van der Waals surface area contributed by atoms with Gasteiger partial charge in [-0.3, -0.25) is 4.79 Å². The van der Waals surface area contributed by atoms with E-state index in [4.69, 9.17) is 9.51 Å². The molecule has 1 N–H and O–H groups in total. The highest BCUT2D eigenvalue weighted by Gasteiger charge is 2.38. The summed E-state index contributed by atoms with van der Waals surface area (Å²) in [5.41, 5.74) is 7.21. The lowest BCUT2D eigenvalue weighted by molar-refractivity contribution is -0.135.